The summed E-state index contributed by atoms with van der Waals surface area (Å²) in [6.07, 6.45) is 3.50. The van der Waals surface area contributed by atoms with E-state index in [4.69, 9.17) is 9.72 Å². The van der Waals surface area contributed by atoms with Gasteiger partial charge in [0.25, 0.3) is 5.91 Å². The topological polar surface area (TPSA) is 55.3 Å². The lowest BCUT2D eigenvalue weighted by molar-refractivity contribution is -0.120. The van der Waals surface area contributed by atoms with Crippen LogP contribution in [0.15, 0.2) is 60.9 Å². The molecule has 0 aliphatic carbocycles. The summed E-state index contributed by atoms with van der Waals surface area (Å²) < 4.78 is 6.94. The van der Waals surface area contributed by atoms with Crippen LogP contribution in [0.25, 0.3) is 10.2 Å². The van der Waals surface area contributed by atoms with Crippen molar-refractivity contribution in [3.05, 3.63) is 83.2 Å². The molecule has 0 spiro atoms. The van der Waals surface area contributed by atoms with Crippen molar-refractivity contribution >= 4 is 32.6 Å². The summed E-state index contributed by atoms with van der Waals surface area (Å²) in [6.45, 7) is 8.74. The van der Waals surface area contributed by atoms with Gasteiger partial charge in [-0.25, -0.2) is 4.98 Å². The minimum Gasteiger partial charge on any atom is -0.484 e. The molecule has 2 aromatic heterocycles. The first-order valence-corrected chi connectivity index (χ1v) is 11.5. The maximum atomic E-state index is 13.3. The summed E-state index contributed by atoms with van der Waals surface area (Å²) in [4.78, 5) is 24.0. The molecule has 0 bridgehead atoms. The fourth-order valence-electron chi connectivity index (χ4n) is 3.47. The second-order valence-electron chi connectivity index (χ2n) is 8.23. The van der Waals surface area contributed by atoms with Crippen molar-refractivity contribution in [1.29, 1.82) is 0 Å². The first-order valence-electron chi connectivity index (χ1n) is 10.7. The zero-order chi connectivity index (χ0) is 22.7. The molecule has 4 aromatic rings. The summed E-state index contributed by atoms with van der Waals surface area (Å²) in [5.74, 6) is 0.989. The molecule has 0 aliphatic rings. The Balaban J connectivity index is 1.60. The molecule has 2 heterocycles. The van der Waals surface area contributed by atoms with Crippen molar-refractivity contribution in [1.82, 2.24) is 9.97 Å². The van der Waals surface area contributed by atoms with Gasteiger partial charge in [0.2, 0.25) is 0 Å². The van der Waals surface area contributed by atoms with Crippen LogP contribution in [0, 0.1) is 13.8 Å². The van der Waals surface area contributed by atoms with E-state index in [1.807, 2.05) is 43.3 Å². The van der Waals surface area contributed by atoms with Gasteiger partial charge in [-0.15, -0.1) is 0 Å². The Morgan fingerprint density at radius 2 is 1.81 bits per heavy atom. The average molecular weight is 446 g/mol. The number of aromatic nitrogens is 2. The Morgan fingerprint density at radius 1 is 1.06 bits per heavy atom. The van der Waals surface area contributed by atoms with Crippen molar-refractivity contribution in [2.24, 2.45) is 0 Å². The number of hydrogen-bond acceptors (Lipinski definition) is 5. The molecule has 32 heavy (non-hydrogen) atoms. The number of pyridine rings is 1. The van der Waals surface area contributed by atoms with Crippen molar-refractivity contribution in [3.8, 4) is 5.75 Å². The second kappa shape index (κ2) is 9.49. The Labute approximate surface area is 192 Å². The number of hydrogen-bond donors (Lipinski definition) is 0. The number of carbonyl (C=O) groups excluding carboxylic acids is 1. The van der Waals surface area contributed by atoms with E-state index >= 15 is 0 Å². The van der Waals surface area contributed by atoms with E-state index in [0.717, 1.165) is 26.9 Å². The third kappa shape index (κ3) is 4.81. The van der Waals surface area contributed by atoms with E-state index in [1.165, 1.54) is 16.9 Å². The zero-order valence-corrected chi connectivity index (χ0v) is 19.6. The summed E-state index contributed by atoms with van der Waals surface area (Å²) in [5.41, 5.74) is 5.38. The number of aryl methyl sites for hydroxylation is 2. The Kier molecular flexibility index (Phi) is 6.51. The number of thiazole rings is 1. The average Bonchev–Trinajstić information content (AvgIpc) is 3.26. The number of ether oxygens (including phenoxy) is 1. The van der Waals surface area contributed by atoms with E-state index in [1.54, 1.807) is 17.3 Å². The summed E-state index contributed by atoms with van der Waals surface area (Å²) >= 11 is 1.54. The van der Waals surface area contributed by atoms with Crippen molar-refractivity contribution < 1.29 is 9.53 Å². The van der Waals surface area contributed by atoms with Gasteiger partial charge in [0.15, 0.2) is 11.7 Å². The lowest BCUT2D eigenvalue weighted by atomic mass is 10.0. The van der Waals surface area contributed by atoms with Crippen molar-refractivity contribution in [2.75, 3.05) is 11.5 Å². The SMILES string of the molecule is Cc1ccc(C)c2sc(N(Cc3cccnc3)C(=O)COc3ccc(C(C)C)cc3)nc12. The molecule has 0 aliphatic heterocycles. The number of fused-ring (bicyclic) bond motifs is 1. The Bertz CT molecular complexity index is 1180. The molecule has 5 nitrogen and oxygen atoms in total. The highest BCUT2D eigenvalue weighted by Crippen LogP contribution is 2.34. The lowest BCUT2D eigenvalue weighted by Gasteiger charge is -2.20. The molecular weight excluding hydrogens is 418 g/mol. The second-order valence-corrected chi connectivity index (χ2v) is 9.20. The molecule has 0 radical (unpaired) electrons. The number of anilines is 1. The minimum atomic E-state index is -0.142. The molecule has 0 N–H and O–H groups in total. The molecule has 1 amide bonds. The van der Waals surface area contributed by atoms with Crippen LogP contribution in [0.3, 0.4) is 0 Å². The van der Waals surface area contributed by atoms with Gasteiger partial charge in [-0.2, -0.15) is 0 Å². The van der Waals surface area contributed by atoms with Crippen LogP contribution in [0.1, 0.15) is 42.0 Å². The van der Waals surface area contributed by atoms with E-state index in [2.05, 4.69) is 37.9 Å². The number of rotatable bonds is 7. The fourth-order valence-corrected chi connectivity index (χ4v) is 4.60. The number of amides is 1. The van der Waals surface area contributed by atoms with Gasteiger partial charge < -0.3 is 4.74 Å². The van der Waals surface area contributed by atoms with Gasteiger partial charge in [-0.05, 0) is 60.2 Å². The molecule has 2 aromatic carbocycles. The van der Waals surface area contributed by atoms with E-state index in [0.29, 0.717) is 23.3 Å². The normalized spacial score (nSPS) is 11.2. The lowest BCUT2D eigenvalue weighted by Crippen LogP contribution is -2.34. The quantitative estimate of drug-likeness (QED) is 0.348. The predicted molar refractivity (Wildman–Crippen MR) is 131 cm³/mol. The highest BCUT2D eigenvalue weighted by molar-refractivity contribution is 7.22. The zero-order valence-electron chi connectivity index (χ0n) is 18.8. The largest absolute Gasteiger partial charge is 0.484 e. The highest BCUT2D eigenvalue weighted by atomic mass is 32.1. The van der Waals surface area contributed by atoms with Crippen LogP contribution in [0.2, 0.25) is 0 Å². The summed E-state index contributed by atoms with van der Waals surface area (Å²) in [6, 6.07) is 15.9. The first kappa shape index (κ1) is 22.0. The van der Waals surface area contributed by atoms with Gasteiger partial charge in [0, 0.05) is 12.4 Å². The van der Waals surface area contributed by atoms with Crippen LogP contribution < -0.4 is 9.64 Å². The minimum absolute atomic E-state index is 0.0603. The molecule has 164 valence electrons. The summed E-state index contributed by atoms with van der Waals surface area (Å²) in [7, 11) is 0. The summed E-state index contributed by atoms with van der Waals surface area (Å²) in [5, 5.41) is 0.671. The van der Waals surface area contributed by atoms with Crippen LogP contribution in [-0.4, -0.2) is 22.5 Å². The van der Waals surface area contributed by atoms with E-state index < -0.39 is 0 Å². The molecule has 0 saturated heterocycles. The van der Waals surface area contributed by atoms with Crippen molar-refractivity contribution in [3.63, 3.8) is 0 Å². The van der Waals surface area contributed by atoms with Crippen LogP contribution in [0.4, 0.5) is 5.13 Å². The first-order chi connectivity index (χ1) is 15.4. The predicted octanol–water partition coefficient (Wildman–Crippen LogP) is 6.04. The van der Waals surface area contributed by atoms with Crippen LogP contribution >= 0.6 is 11.3 Å². The molecule has 0 fully saturated rings. The maximum absolute atomic E-state index is 13.3. The molecule has 0 unspecified atom stereocenters. The van der Waals surface area contributed by atoms with Gasteiger partial charge in [0.1, 0.15) is 5.75 Å². The van der Waals surface area contributed by atoms with E-state index in [-0.39, 0.29) is 12.5 Å². The number of carbonyl (C=O) groups is 1. The highest BCUT2D eigenvalue weighted by Gasteiger charge is 2.22. The third-order valence-electron chi connectivity index (χ3n) is 5.44. The molecule has 4 rings (SSSR count). The monoisotopic (exact) mass is 445 g/mol. The van der Waals surface area contributed by atoms with Crippen LogP contribution in [-0.2, 0) is 11.3 Å². The molecule has 0 atom stereocenters. The standard InChI is InChI=1S/C26H27N3O2S/c1-17(2)21-9-11-22(12-10-21)31-16-23(30)29(15-20-6-5-13-27-14-20)26-28-24-18(3)7-8-19(4)25(24)32-26/h5-14,17H,15-16H2,1-4H3. The molecular formula is C26H27N3O2S. The van der Waals surface area contributed by atoms with Gasteiger partial charge >= 0.3 is 0 Å². The third-order valence-corrected chi connectivity index (χ3v) is 6.65. The van der Waals surface area contributed by atoms with Gasteiger partial charge in [0.05, 0.1) is 16.8 Å². The van der Waals surface area contributed by atoms with Crippen LogP contribution in [0.5, 0.6) is 5.75 Å². The van der Waals surface area contributed by atoms with Crippen molar-refractivity contribution in [2.45, 2.75) is 40.2 Å². The van der Waals surface area contributed by atoms with Gasteiger partial charge in [-0.1, -0.05) is 55.5 Å². The number of nitrogens with zero attached hydrogens (tertiary/aromatic N) is 3. The Morgan fingerprint density at radius 3 is 2.47 bits per heavy atom. The fraction of sp³-hybridized carbons (Fsp3) is 0.269. The smallest absolute Gasteiger partial charge is 0.267 e. The molecule has 0 saturated carbocycles. The van der Waals surface area contributed by atoms with Gasteiger partial charge in [-0.3, -0.25) is 14.7 Å². The molecule has 6 heteroatoms. The number of benzene rings is 2. The van der Waals surface area contributed by atoms with E-state index in [9.17, 15) is 4.79 Å². The maximum Gasteiger partial charge on any atom is 0.267 e. The Hall–Kier alpha value is -3.25.